The zero-order chi connectivity index (χ0) is 14.8. The van der Waals surface area contributed by atoms with Crippen LogP contribution < -0.4 is 10.5 Å². The van der Waals surface area contributed by atoms with Gasteiger partial charge in [-0.1, -0.05) is 23.7 Å². The van der Waals surface area contributed by atoms with Crippen LogP contribution in [-0.4, -0.2) is 8.42 Å². The van der Waals surface area contributed by atoms with E-state index in [9.17, 15) is 8.42 Å². The van der Waals surface area contributed by atoms with Crippen molar-refractivity contribution in [2.45, 2.75) is 4.90 Å². The molecule has 2 aromatic carbocycles. The predicted octanol–water partition coefficient (Wildman–Crippen LogP) is 2.59. The van der Waals surface area contributed by atoms with Gasteiger partial charge in [-0.25, -0.2) is 8.42 Å². The molecule has 0 amide bonds. The van der Waals surface area contributed by atoms with E-state index >= 15 is 0 Å². The van der Waals surface area contributed by atoms with Crippen LogP contribution in [-0.2, 0) is 10.0 Å². The van der Waals surface area contributed by atoms with Gasteiger partial charge in [-0.2, -0.15) is 5.26 Å². The molecule has 0 spiro atoms. The zero-order valence-corrected chi connectivity index (χ0v) is 11.7. The van der Waals surface area contributed by atoms with Gasteiger partial charge in [0.05, 0.1) is 16.3 Å². The Morgan fingerprint density at radius 2 is 1.90 bits per heavy atom. The van der Waals surface area contributed by atoms with Gasteiger partial charge < -0.3 is 5.73 Å². The van der Waals surface area contributed by atoms with Crippen molar-refractivity contribution in [3.63, 3.8) is 0 Å². The first-order valence-corrected chi connectivity index (χ1v) is 7.37. The third-order valence-electron chi connectivity index (χ3n) is 2.54. The van der Waals surface area contributed by atoms with Gasteiger partial charge in [0.2, 0.25) is 0 Å². The molecule has 0 aromatic heterocycles. The minimum atomic E-state index is -3.91. The molecule has 0 heterocycles. The summed E-state index contributed by atoms with van der Waals surface area (Å²) in [6.45, 7) is 0. The van der Waals surface area contributed by atoms with Crippen molar-refractivity contribution in [2.75, 3.05) is 10.5 Å². The summed E-state index contributed by atoms with van der Waals surface area (Å²) in [4.78, 5) is -0.132. The number of para-hydroxylation sites is 1. The van der Waals surface area contributed by atoms with Crippen LogP contribution in [0.3, 0.4) is 0 Å². The summed E-state index contributed by atoms with van der Waals surface area (Å²) in [6.07, 6.45) is 0. The number of nitrogens with one attached hydrogen (secondary N) is 1. The molecule has 2 rings (SSSR count). The molecule has 3 N–H and O–H groups in total. The Bertz CT molecular complexity index is 798. The van der Waals surface area contributed by atoms with Crippen molar-refractivity contribution in [1.29, 1.82) is 5.26 Å². The van der Waals surface area contributed by atoms with Gasteiger partial charge in [0.1, 0.15) is 11.0 Å². The van der Waals surface area contributed by atoms with Gasteiger partial charge in [-0.05, 0) is 30.3 Å². The molecule has 102 valence electrons. The quantitative estimate of drug-likeness (QED) is 0.852. The maximum atomic E-state index is 12.3. The van der Waals surface area contributed by atoms with Crippen LogP contribution in [0.25, 0.3) is 0 Å². The maximum Gasteiger partial charge on any atom is 0.263 e. The van der Waals surface area contributed by atoms with E-state index in [1.165, 1.54) is 30.3 Å². The molecule has 0 fully saturated rings. The van der Waals surface area contributed by atoms with Gasteiger partial charge in [0, 0.05) is 5.69 Å². The number of nitriles is 1. The standard InChI is InChI=1S/C13H10ClN3O2S/c14-11-6-5-10(16)7-13(11)20(18,19)17-12-4-2-1-3-9(12)8-15/h1-7,17H,16H2. The number of hydrogen-bond acceptors (Lipinski definition) is 4. The van der Waals surface area contributed by atoms with E-state index in [-0.39, 0.29) is 26.9 Å². The second kappa shape index (κ2) is 5.41. The van der Waals surface area contributed by atoms with E-state index in [1.54, 1.807) is 12.1 Å². The molecule has 0 saturated carbocycles. The molecule has 0 bridgehead atoms. The molecule has 0 aliphatic heterocycles. The molecule has 2 aromatic rings. The minimum absolute atomic E-state index is 0.0566. The van der Waals surface area contributed by atoms with Crippen molar-refractivity contribution in [3.8, 4) is 6.07 Å². The zero-order valence-electron chi connectivity index (χ0n) is 10.2. The normalized spacial score (nSPS) is 10.8. The van der Waals surface area contributed by atoms with Gasteiger partial charge in [-0.3, -0.25) is 4.72 Å². The summed E-state index contributed by atoms with van der Waals surface area (Å²) >= 11 is 5.88. The van der Waals surface area contributed by atoms with E-state index in [0.29, 0.717) is 0 Å². The number of benzene rings is 2. The van der Waals surface area contributed by atoms with Gasteiger partial charge in [0.25, 0.3) is 10.0 Å². The van der Waals surface area contributed by atoms with E-state index in [4.69, 9.17) is 22.6 Å². The van der Waals surface area contributed by atoms with Crippen molar-refractivity contribution >= 4 is 33.0 Å². The summed E-state index contributed by atoms with van der Waals surface area (Å²) in [5.74, 6) is 0. The highest BCUT2D eigenvalue weighted by atomic mass is 35.5. The molecule has 0 aliphatic rings. The first-order valence-electron chi connectivity index (χ1n) is 5.51. The Morgan fingerprint density at radius 1 is 1.20 bits per heavy atom. The van der Waals surface area contributed by atoms with Gasteiger partial charge in [-0.15, -0.1) is 0 Å². The van der Waals surface area contributed by atoms with Crippen LogP contribution in [0.4, 0.5) is 11.4 Å². The van der Waals surface area contributed by atoms with Crippen molar-refractivity contribution in [1.82, 2.24) is 0 Å². The fraction of sp³-hybridized carbons (Fsp3) is 0. The lowest BCUT2D eigenvalue weighted by molar-refractivity contribution is 0.601. The monoisotopic (exact) mass is 307 g/mol. The average Bonchev–Trinajstić information content (AvgIpc) is 2.41. The summed E-state index contributed by atoms with van der Waals surface area (Å²) in [5, 5.41) is 9.01. The number of rotatable bonds is 3. The minimum Gasteiger partial charge on any atom is -0.399 e. The summed E-state index contributed by atoms with van der Waals surface area (Å²) in [6, 6.07) is 12.4. The number of sulfonamides is 1. The molecule has 0 atom stereocenters. The smallest absolute Gasteiger partial charge is 0.263 e. The molecule has 0 aliphatic carbocycles. The molecule has 0 unspecified atom stereocenters. The first kappa shape index (κ1) is 14.2. The molecule has 20 heavy (non-hydrogen) atoms. The van der Waals surface area contributed by atoms with Crippen molar-refractivity contribution in [3.05, 3.63) is 53.1 Å². The second-order valence-electron chi connectivity index (χ2n) is 3.95. The van der Waals surface area contributed by atoms with E-state index in [0.717, 1.165) is 0 Å². The molecule has 0 saturated heterocycles. The predicted molar refractivity (Wildman–Crippen MR) is 77.8 cm³/mol. The maximum absolute atomic E-state index is 12.3. The van der Waals surface area contributed by atoms with Crippen LogP contribution in [0.15, 0.2) is 47.4 Å². The lowest BCUT2D eigenvalue weighted by Crippen LogP contribution is -2.14. The Morgan fingerprint density at radius 3 is 2.60 bits per heavy atom. The fourth-order valence-electron chi connectivity index (χ4n) is 1.60. The van der Waals surface area contributed by atoms with Crippen LogP contribution in [0.1, 0.15) is 5.56 Å². The molecular weight excluding hydrogens is 298 g/mol. The molecule has 0 radical (unpaired) electrons. The molecule has 7 heteroatoms. The lowest BCUT2D eigenvalue weighted by Gasteiger charge is -2.11. The SMILES string of the molecule is N#Cc1ccccc1NS(=O)(=O)c1cc(N)ccc1Cl. The third-order valence-corrected chi connectivity index (χ3v) is 4.38. The van der Waals surface area contributed by atoms with E-state index in [2.05, 4.69) is 4.72 Å². The molecular formula is C13H10ClN3O2S. The number of nitrogens with zero attached hydrogens (tertiary/aromatic N) is 1. The Kier molecular flexibility index (Phi) is 3.84. The van der Waals surface area contributed by atoms with Crippen LogP contribution in [0.2, 0.25) is 5.02 Å². The van der Waals surface area contributed by atoms with Crippen LogP contribution in [0.5, 0.6) is 0 Å². The van der Waals surface area contributed by atoms with Crippen LogP contribution in [0, 0.1) is 11.3 Å². The number of anilines is 2. The highest BCUT2D eigenvalue weighted by molar-refractivity contribution is 7.92. The number of nitrogens with two attached hydrogens (primary N) is 1. The number of nitrogen functional groups attached to an aromatic ring is 1. The Hall–Kier alpha value is -2.23. The Balaban J connectivity index is 2.47. The summed E-state index contributed by atoms with van der Waals surface area (Å²) in [5.41, 5.74) is 6.26. The summed E-state index contributed by atoms with van der Waals surface area (Å²) in [7, 11) is -3.91. The van der Waals surface area contributed by atoms with Gasteiger partial charge in [0.15, 0.2) is 0 Å². The molecule has 5 nitrogen and oxygen atoms in total. The van der Waals surface area contributed by atoms with Crippen molar-refractivity contribution < 1.29 is 8.42 Å². The highest BCUT2D eigenvalue weighted by Gasteiger charge is 2.19. The average molecular weight is 308 g/mol. The topological polar surface area (TPSA) is 96.0 Å². The van der Waals surface area contributed by atoms with Gasteiger partial charge >= 0.3 is 0 Å². The Labute approximate surface area is 121 Å². The van der Waals surface area contributed by atoms with E-state index < -0.39 is 10.0 Å². The number of hydrogen-bond donors (Lipinski definition) is 2. The second-order valence-corrected chi connectivity index (χ2v) is 6.01. The highest BCUT2D eigenvalue weighted by Crippen LogP contribution is 2.26. The van der Waals surface area contributed by atoms with Crippen molar-refractivity contribution in [2.24, 2.45) is 0 Å². The van der Waals surface area contributed by atoms with E-state index in [1.807, 2.05) is 6.07 Å². The third kappa shape index (κ3) is 2.85. The first-order chi connectivity index (χ1) is 9.44. The largest absolute Gasteiger partial charge is 0.399 e. The van der Waals surface area contributed by atoms with Crippen LogP contribution >= 0.6 is 11.6 Å². The summed E-state index contributed by atoms with van der Waals surface area (Å²) < 4.78 is 26.9. The number of halogens is 1. The lowest BCUT2D eigenvalue weighted by atomic mass is 10.2. The fourth-order valence-corrected chi connectivity index (χ4v) is 3.21.